The highest BCUT2D eigenvalue weighted by molar-refractivity contribution is 8.27. The predicted molar refractivity (Wildman–Crippen MR) is 125 cm³/mol. The second-order valence-corrected chi connectivity index (χ2v) is 8.86. The standard InChI is InChI=1S/C22H15NO4S3/c1-29-17-7-3-6-15(11-17)23-20(24)19(30-22(23)28)12-16-8-9-18(27-16)13-4-2-5-14(10-13)21(25)26/h2-12H,1H3,(H,25,26)/b19-12+. The Labute approximate surface area is 186 Å². The minimum Gasteiger partial charge on any atom is -0.478 e. The number of carbonyl (C=O) groups excluding carboxylic acids is 1. The Bertz CT molecular complexity index is 1200. The number of carboxylic acids is 1. The molecular weight excluding hydrogens is 438 g/mol. The minimum absolute atomic E-state index is 0.179. The summed E-state index contributed by atoms with van der Waals surface area (Å²) in [6, 6.07) is 17.6. The molecular formula is C22H15NO4S3. The monoisotopic (exact) mass is 453 g/mol. The first kappa shape index (κ1) is 20.5. The smallest absolute Gasteiger partial charge is 0.335 e. The molecule has 30 heavy (non-hydrogen) atoms. The molecule has 0 unspecified atom stereocenters. The molecule has 1 aliphatic heterocycles. The summed E-state index contributed by atoms with van der Waals surface area (Å²) in [5.74, 6) is -0.191. The second-order valence-electron chi connectivity index (χ2n) is 6.31. The van der Waals surface area contributed by atoms with Crippen LogP contribution in [0.15, 0.2) is 74.9 Å². The van der Waals surface area contributed by atoms with Crippen LogP contribution in [0.3, 0.4) is 0 Å². The molecule has 0 aliphatic carbocycles. The van der Waals surface area contributed by atoms with Crippen LogP contribution < -0.4 is 4.90 Å². The van der Waals surface area contributed by atoms with Gasteiger partial charge in [-0.15, -0.1) is 11.8 Å². The van der Waals surface area contributed by atoms with Gasteiger partial charge in [0, 0.05) is 16.5 Å². The highest BCUT2D eigenvalue weighted by atomic mass is 32.2. The molecule has 150 valence electrons. The molecule has 1 N–H and O–H groups in total. The van der Waals surface area contributed by atoms with E-state index in [4.69, 9.17) is 21.7 Å². The Balaban J connectivity index is 1.60. The van der Waals surface area contributed by atoms with E-state index in [1.807, 2.05) is 30.5 Å². The maximum Gasteiger partial charge on any atom is 0.335 e. The van der Waals surface area contributed by atoms with Gasteiger partial charge >= 0.3 is 5.97 Å². The normalized spacial score (nSPS) is 15.2. The van der Waals surface area contributed by atoms with E-state index >= 15 is 0 Å². The molecule has 1 aliphatic rings. The maximum absolute atomic E-state index is 13.0. The van der Waals surface area contributed by atoms with Gasteiger partial charge in [0.1, 0.15) is 11.5 Å². The Kier molecular flexibility index (Phi) is 5.80. The molecule has 1 saturated heterocycles. The Morgan fingerprint density at radius 2 is 1.97 bits per heavy atom. The van der Waals surface area contributed by atoms with Gasteiger partial charge in [0.25, 0.3) is 5.91 Å². The Morgan fingerprint density at radius 1 is 1.17 bits per heavy atom. The Hall–Kier alpha value is -2.81. The Morgan fingerprint density at radius 3 is 2.73 bits per heavy atom. The van der Waals surface area contributed by atoms with Gasteiger partial charge in [-0.1, -0.05) is 42.2 Å². The summed E-state index contributed by atoms with van der Waals surface area (Å²) in [7, 11) is 0. The van der Waals surface area contributed by atoms with E-state index in [0.717, 1.165) is 10.6 Å². The van der Waals surface area contributed by atoms with E-state index in [0.29, 0.717) is 26.3 Å². The number of amides is 1. The fourth-order valence-electron chi connectivity index (χ4n) is 2.96. The molecule has 5 nitrogen and oxygen atoms in total. The van der Waals surface area contributed by atoms with Gasteiger partial charge in [0.2, 0.25) is 0 Å². The fourth-order valence-corrected chi connectivity index (χ4v) is 4.69. The molecule has 0 atom stereocenters. The summed E-state index contributed by atoms with van der Waals surface area (Å²) in [4.78, 5) is 27.2. The number of nitrogens with zero attached hydrogens (tertiary/aromatic N) is 1. The first-order valence-corrected chi connectivity index (χ1v) is 11.3. The first-order valence-electron chi connectivity index (χ1n) is 8.82. The van der Waals surface area contributed by atoms with Crippen LogP contribution in [-0.2, 0) is 4.79 Å². The fraction of sp³-hybridized carbons (Fsp3) is 0.0455. The van der Waals surface area contributed by atoms with Crippen LogP contribution >= 0.6 is 35.7 Å². The lowest BCUT2D eigenvalue weighted by atomic mass is 10.1. The zero-order chi connectivity index (χ0) is 21.3. The van der Waals surface area contributed by atoms with E-state index < -0.39 is 5.97 Å². The number of rotatable bonds is 5. The van der Waals surface area contributed by atoms with Crippen LogP contribution in [0.1, 0.15) is 16.1 Å². The number of aromatic carboxylic acids is 1. The average molecular weight is 454 g/mol. The van der Waals surface area contributed by atoms with Crippen LogP contribution in [0.25, 0.3) is 17.4 Å². The van der Waals surface area contributed by atoms with Crippen molar-refractivity contribution in [3.63, 3.8) is 0 Å². The van der Waals surface area contributed by atoms with Gasteiger partial charge in [-0.05, 0) is 48.7 Å². The van der Waals surface area contributed by atoms with Gasteiger partial charge in [-0.2, -0.15) is 0 Å². The number of benzene rings is 2. The number of hydrogen-bond acceptors (Lipinski definition) is 6. The largest absolute Gasteiger partial charge is 0.478 e. The van der Waals surface area contributed by atoms with Crippen LogP contribution in [0.2, 0.25) is 0 Å². The summed E-state index contributed by atoms with van der Waals surface area (Å²) in [6.45, 7) is 0. The lowest BCUT2D eigenvalue weighted by Crippen LogP contribution is -2.27. The van der Waals surface area contributed by atoms with Crippen molar-refractivity contribution in [1.29, 1.82) is 0 Å². The highest BCUT2D eigenvalue weighted by Gasteiger charge is 2.33. The number of thiocarbonyl (C=S) groups is 1. The summed E-state index contributed by atoms with van der Waals surface area (Å²) in [5.41, 5.74) is 1.56. The van der Waals surface area contributed by atoms with Crippen molar-refractivity contribution in [2.45, 2.75) is 4.90 Å². The van der Waals surface area contributed by atoms with Crippen molar-refractivity contribution < 1.29 is 19.1 Å². The van der Waals surface area contributed by atoms with E-state index in [9.17, 15) is 9.59 Å². The molecule has 3 aromatic rings. The highest BCUT2D eigenvalue weighted by Crippen LogP contribution is 2.37. The topological polar surface area (TPSA) is 70.8 Å². The third kappa shape index (κ3) is 4.07. The third-order valence-electron chi connectivity index (χ3n) is 4.40. The van der Waals surface area contributed by atoms with E-state index in [-0.39, 0.29) is 11.5 Å². The number of furan rings is 1. The molecule has 4 rings (SSSR count). The molecule has 0 saturated carbocycles. The summed E-state index contributed by atoms with van der Waals surface area (Å²) in [5, 5.41) is 9.16. The van der Waals surface area contributed by atoms with E-state index in [2.05, 4.69) is 0 Å². The molecule has 1 fully saturated rings. The minimum atomic E-state index is -1.00. The molecule has 8 heteroatoms. The number of hydrogen-bond donors (Lipinski definition) is 1. The summed E-state index contributed by atoms with van der Waals surface area (Å²) < 4.78 is 6.29. The molecule has 1 aromatic heterocycles. The lowest BCUT2D eigenvalue weighted by Gasteiger charge is -2.15. The summed E-state index contributed by atoms with van der Waals surface area (Å²) in [6.07, 6.45) is 3.63. The van der Waals surface area contributed by atoms with Crippen molar-refractivity contribution in [1.82, 2.24) is 0 Å². The van der Waals surface area contributed by atoms with Gasteiger partial charge in [-0.3, -0.25) is 9.69 Å². The van der Waals surface area contributed by atoms with Crippen LogP contribution in [0.4, 0.5) is 5.69 Å². The van der Waals surface area contributed by atoms with Crippen LogP contribution in [-0.4, -0.2) is 27.6 Å². The number of carboxylic acid groups (broad SMARTS) is 1. The molecule has 0 radical (unpaired) electrons. The number of carbonyl (C=O) groups is 2. The van der Waals surface area contributed by atoms with Crippen molar-refractivity contribution in [2.24, 2.45) is 0 Å². The number of thioether (sulfide) groups is 2. The summed E-state index contributed by atoms with van der Waals surface area (Å²) >= 11 is 8.24. The molecule has 2 aromatic carbocycles. The molecule has 1 amide bonds. The van der Waals surface area contributed by atoms with Crippen molar-refractivity contribution >= 4 is 63.7 Å². The second kappa shape index (κ2) is 8.51. The molecule has 2 heterocycles. The average Bonchev–Trinajstić information content (AvgIpc) is 3.32. The van der Waals surface area contributed by atoms with E-state index in [1.54, 1.807) is 48.2 Å². The van der Waals surface area contributed by atoms with Gasteiger partial charge in [-0.25, -0.2) is 4.79 Å². The van der Waals surface area contributed by atoms with Crippen molar-refractivity contribution in [3.05, 3.63) is 76.9 Å². The van der Waals surface area contributed by atoms with Crippen molar-refractivity contribution in [2.75, 3.05) is 11.2 Å². The molecule has 0 spiro atoms. The molecule has 0 bridgehead atoms. The number of anilines is 1. The van der Waals surface area contributed by atoms with Crippen LogP contribution in [0, 0.1) is 0 Å². The predicted octanol–water partition coefficient (Wildman–Crippen LogP) is 5.77. The van der Waals surface area contributed by atoms with Gasteiger partial charge < -0.3 is 9.52 Å². The zero-order valence-electron chi connectivity index (χ0n) is 15.7. The third-order valence-corrected chi connectivity index (χ3v) is 6.43. The van der Waals surface area contributed by atoms with Crippen molar-refractivity contribution in [3.8, 4) is 11.3 Å². The quantitative estimate of drug-likeness (QED) is 0.299. The first-order chi connectivity index (χ1) is 14.5. The van der Waals surface area contributed by atoms with Gasteiger partial charge in [0.15, 0.2) is 4.32 Å². The van der Waals surface area contributed by atoms with Gasteiger partial charge in [0.05, 0.1) is 16.2 Å². The zero-order valence-corrected chi connectivity index (χ0v) is 18.1. The maximum atomic E-state index is 13.0. The van der Waals surface area contributed by atoms with E-state index in [1.165, 1.54) is 22.7 Å². The lowest BCUT2D eigenvalue weighted by molar-refractivity contribution is -0.113. The SMILES string of the molecule is CSc1cccc(N2C(=O)/C(=C\c3ccc(-c4cccc(C(=O)O)c4)o3)SC2=S)c1. The van der Waals surface area contributed by atoms with Crippen LogP contribution in [0.5, 0.6) is 0 Å².